The number of hydrogen-bond acceptors (Lipinski definition) is 6. The van der Waals surface area contributed by atoms with E-state index in [0.29, 0.717) is 31.0 Å². The number of rotatable bonds is 7. The highest BCUT2D eigenvalue weighted by Crippen LogP contribution is 2.60. The van der Waals surface area contributed by atoms with Gasteiger partial charge in [-0.25, -0.2) is 0 Å². The average molecular weight is 437 g/mol. The molecule has 32 heavy (non-hydrogen) atoms. The van der Waals surface area contributed by atoms with Gasteiger partial charge in [0, 0.05) is 36.8 Å². The lowest BCUT2D eigenvalue weighted by Crippen LogP contribution is -2.42. The molecule has 2 fully saturated rings. The maximum Gasteiger partial charge on any atom is 0.225 e. The lowest BCUT2D eigenvalue weighted by atomic mass is 9.91. The van der Waals surface area contributed by atoms with E-state index in [4.69, 9.17) is 10.5 Å². The number of ether oxygens (including phenoxy) is 1. The van der Waals surface area contributed by atoms with Crippen molar-refractivity contribution in [3.05, 3.63) is 59.9 Å². The van der Waals surface area contributed by atoms with E-state index in [1.165, 1.54) is 0 Å². The molecule has 168 valence electrons. The number of carbonyl (C=O) groups is 3. The number of hydrogen-bond donors (Lipinski definition) is 3. The molecule has 8 nitrogen and oxygen atoms in total. The summed E-state index contributed by atoms with van der Waals surface area (Å²) in [5, 5.41) is 5.85. The number of aromatic nitrogens is 1. The highest BCUT2D eigenvalue weighted by atomic mass is 16.5. The molecule has 2 aromatic rings. The maximum atomic E-state index is 13.5. The number of carbonyl (C=O) groups excluding carboxylic acids is 3. The summed E-state index contributed by atoms with van der Waals surface area (Å²) in [4.78, 5) is 43.7. The SMILES string of the molecule is C[C@@]1(C(=O)c2ccccc2N)[C@H](C(=O)NCc2ccncc2)[C@@H]1C(=O)NC1CCCOC1. The van der Waals surface area contributed by atoms with E-state index < -0.39 is 17.3 Å². The summed E-state index contributed by atoms with van der Waals surface area (Å²) in [6.07, 6.45) is 4.97. The van der Waals surface area contributed by atoms with Crippen LogP contribution in [0.3, 0.4) is 0 Å². The fourth-order valence-corrected chi connectivity index (χ4v) is 4.58. The van der Waals surface area contributed by atoms with Gasteiger partial charge in [0.1, 0.15) is 0 Å². The van der Waals surface area contributed by atoms with Gasteiger partial charge >= 0.3 is 0 Å². The lowest BCUT2D eigenvalue weighted by Gasteiger charge is -2.23. The fraction of sp³-hybridized carbons (Fsp3) is 0.417. The van der Waals surface area contributed by atoms with E-state index in [2.05, 4.69) is 15.6 Å². The molecule has 1 aromatic carbocycles. The number of benzene rings is 1. The van der Waals surface area contributed by atoms with Crippen LogP contribution in [-0.2, 0) is 20.9 Å². The third-order valence-electron chi connectivity index (χ3n) is 6.50. The van der Waals surface area contributed by atoms with Gasteiger partial charge in [-0.1, -0.05) is 19.1 Å². The summed E-state index contributed by atoms with van der Waals surface area (Å²) >= 11 is 0. The number of Topliss-reactive ketones (excluding diaryl/α,β-unsaturated/α-hetero) is 1. The minimum Gasteiger partial charge on any atom is -0.398 e. The van der Waals surface area contributed by atoms with Crippen molar-refractivity contribution < 1.29 is 19.1 Å². The second-order valence-corrected chi connectivity index (χ2v) is 8.65. The van der Waals surface area contributed by atoms with E-state index in [-0.39, 0.29) is 23.6 Å². The van der Waals surface area contributed by atoms with E-state index >= 15 is 0 Å². The standard InChI is InChI=1S/C24H28N4O4/c1-24(21(29)17-6-2-3-7-18(17)25)19(22(30)27-13-15-8-10-26-11-9-15)20(24)23(31)28-16-5-4-12-32-14-16/h2-3,6-11,16,19-20H,4-5,12-14,25H2,1H3,(H,27,30)(H,28,31)/t16?,19-,20+,24+/m0/s1. The molecular weight excluding hydrogens is 408 g/mol. The molecule has 4 atom stereocenters. The summed E-state index contributed by atoms with van der Waals surface area (Å²) < 4.78 is 5.45. The van der Waals surface area contributed by atoms with Gasteiger partial charge in [0.25, 0.3) is 0 Å². The Bertz CT molecular complexity index is 1010. The number of pyridine rings is 1. The molecule has 2 heterocycles. The van der Waals surface area contributed by atoms with Gasteiger partial charge in [-0.3, -0.25) is 19.4 Å². The molecule has 8 heteroatoms. The first-order valence-electron chi connectivity index (χ1n) is 10.9. The van der Waals surface area contributed by atoms with Crippen molar-refractivity contribution in [3.63, 3.8) is 0 Å². The monoisotopic (exact) mass is 436 g/mol. The third-order valence-corrected chi connectivity index (χ3v) is 6.50. The number of nitrogen functional groups attached to an aromatic ring is 1. The zero-order valence-corrected chi connectivity index (χ0v) is 18.0. The topological polar surface area (TPSA) is 123 Å². The molecule has 4 N–H and O–H groups in total. The van der Waals surface area contributed by atoms with Gasteiger partial charge in [-0.05, 0) is 42.7 Å². The minimum absolute atomic E-state index is 0.112. The highest BCUT2D eigenvalue weighted by Gasteiger charge is 2.72. The number of nitrogens with one attached hydrogen (secondary N) is 2. The summed E-state index contributed by atoms with van der Waals surface area (Å²) in [5.41, 5.74) is 6.41. The number of ketones is 1. The van der Waals surface area contributed by atoms with E-state index in [1.54, 1.807) is 55.7 Å². The molecule has 1 saturated heterocycles. The Balaban J connectivity index is 1.54. The second-order valence-electron chi connectivity index (χ2n) is 8.65. The fourth-order valence-electron chi connectivity index (χ4n) is 4.58. The van der Waals surface area contributed by atoms with Crippen molar-refractivity contribution in [1.82, 2.24) is 15.6 Å². The normalized spacial score (nSPS) is 26.7. The Kier molecular flexibility index (Phi) is 6.23. The molecule has 2 amide bonds. The summed E-state index contributed by atoms with van der Waals surface area (Å²) in [7, 11) is 0. The molecular formula is C24H28N4O4. The van der Waals surface area contributed by atoms with Crippen molar-refractivity contribution in [2.75, 3.05) is 18.9 Å². The van der Waals surface area contributed by atoms with Crippen LogP contribution in [0.4, 0.5) is 5.69 Å². The number of nitrogens with zero attached hydrogens (tertiary/aromatic N) is 1. The lowest BCUT2D eigenvalue weighted by molar-refractivity contribution is -0.128. The van der Waals surface area contributed by atoms with Crippen LogP contribution in [0.5, 0.6) is 0 Å². The van der Waals surface area contributed by atoms with E-state index in [9.17, 15) is 14.4 Å². The van der Waals surface area contributed by atoms with Crippen LogP contribution >= 0.6 is 0 Å². The smallest absolute Gasteiger partial charge is 0.225 e. The number of amides is 2. The van der Waals surface area contributed by atoms with Crippen molar-refractivity contribution in [2.24, 2.45) is 17.3 Å². The van der Waals surface area contributed by atoms with Crippen molar-refractivity contribution in [2.45, 2.75) is 32.4 Å². The van der Waals surface area contributed by atoms with Crippen LogP contribution in [0.2, 0.25) is 0 Å². The quantitative estimate of drug-likeness (QED) is 0.448. The first kappa shape index (κ1) is 22.0. The van der Waals surface area contributed by atoms with Crippen LogP contribution in [0, 0.1) is 17.3 Å². The van der Waals surface area contributed by atoms with Gasteiger partial charge in [0.05, 0.1) is 29.9 Å². The molecule has 0 radical (unpaired) electrons. The molecule has 2 aliphatic rings. The summed E-state index contributed by atoms with van der Waals surface area (Å²) in [6, 6.07) is 10.2. The van der Waals surface area contributed by atoms with Gasteiger partial charge in [-0.2, -0.15) is 0 Å². The Morgan fingerprint density at radius 1 is 1.12 bits per heavy atom. The van der Waals surface area contributed by atoms with Gasteiger partial charge < -0.3 is 21.1 Å². The molecule has 1 saturated carbocycles. The predicted molar refractivity (Wildman–Crippen MR) is 118 cm³/mol. The predicted octanol–water partition coefficient (Wildman–Crippen LogP) is 1.71. The molecule has 0 bridgehead atoms. The van der Waals surface area contributed by atoms with Crippen LogP contribution in [0.15, 0.2) is 48.8 Å². The zero-order valence-electron chi connectivity index (χ0n) is 18.0. The Hall–Kier alpha value is -3.26. The Morgan fingerprint density at radius 2 is 1.84 bits per heavy atom. The number of para-hydroxylation sites is 1. The second kappa shape index (κ2) is 9.08. The largest absolute Gasteiger partial charge is 0.398 e. The maximum absolute atomic E-state index is 13.5. The van der Waals surface area contributed by atoms with Crippen molar-refractivity contribution in [1.29, 1.82) is 0 Å². The highest BCUT2D eigenvalue weighted by molar-refractivity contribution is 6.14. The average Bonchev–Trinajstić information content (AvgIpc) is 3.46. The summed E-state index contributed by atoms with van der Waals surface area (Å²) in [6.45, 7) is 3.09. The van der Waals surface area contributed by atoms with E-state index in [1.807, 2.05) is 0 Å². The molecule has 0 spiro atoms. The molecule has 4 rings (SSSR count). The Morgan fingerprint density at radius 3 is 2.53 bits per heavy atom. The van der Waals surface area contributed by atoms with Gasteiger partial charge in [0.2, 0.25) is 11.8 Å². The van der Waals surface area contributed by atoms with Crippen molar-refractivity contribution in [3.8, 4) is 0 Å². The van der Waals surface area contributed by atoms with Crippen molar-refractivity contribution >= 4 is 23.3 Å². The first-order valence-corrected chi connectivity index (χ1v) is 10.9. The van der Waals surface area contributed by atoms with Gasteiger partial charge in [0.15, 0.2) is 5.78 Å². The first-order chi connectivity index (χ1) is 15.4. The summed E-state index contributed by atoms with van der Waals surface area (Å²) in [5.74, 6) is -2.46. The number of nitrogens with two attached hydrogens (primary N) is 1. The van der Waals surface area contributed by atoms with Gasteiger partial charge in [-0.15, -0.1) is 0 Å². The van der Waals surface area contributed by atoms with Crippen LogP contribution < -0.4 is 16.4 Å². The molecule has 1 aliphatic heterocycles. The van der Waals surface area contributed by atoms with Crippen LogP contribution in [0.1, 0.15) is 35.7 Å². The molecule has 1 aliphatic carbocycles. The third kappa shape index (κ3) is 4.23. The van der Waals surface area contributed by atoms with E-state index in [0.717, 1.165) is 18.4 Å². The minimum atomic E-state index is -1.17. The number of anilines is 1. The van der Waals surface area contributed by atoms with Crippen LogP contribution in [0.25, 0.3) is 0 Å². The Labute approximate surface area is 186 Å². The molecule has 1 unspecified atom stereocenters. The molecule has 1 aromatic heterocycles. The van der Waals surface area contributed by atoms with Crippen LogP contribution in [-0.4, -0.2) is 41.8 Å². The zero-order chi connectivity index (χ0) is 22.7.